The SMILES string of the molecule is CC(NCc1cc(Br)ccc1Cl)C1CCCC1. The first kappa shape index (κ1) is 13.4. The number of nitrogens with one attached hydrogen (secondary N) is 1. The molecule has 1 aliphatic carbocycles. The highest BCUT2D eigenvalue weighted by Crippen LogP contribution is 2.28. The zero-order valence-electron chi connectivity index (χ0n) is 10.2. The van der Waals surface area contributed by atoms with Gasteiger partial charge in [-0.2, -0.15) is 0 Å². The van der Waals surface area contributed by atoms with Crippen LogP contribution in [0.5, 0.6) is 0 Å². The Kier molecular flexibility index (Phi) is 4.89. The molecule has 1 aromatic carbocycles. The monoisotopic (exact) mass is 315 g/mol. The van der Waals surface area contributed by atoms with Gasteiger partial charge in [0.15, 0.2) is 0 Å². The maximum Gasteiger partial charge on any atom is 0.0451 e. The average Bonchev–Trinajstić information content (AvgIpc) is 2.83. The van der Waals surface area contributed by atoms with Crippen molar-refractivity contribution in [2.45, 2.75) is 45.2 Å². The van der Waals surface area contributed by atoms with Crippen LogP contribution >= 0.6 is 27.5 Å². The van der Waals surface area contributed by atoms with Gasteiger partial charge in [-0.1, -0.05) is 40.4 Å². The molecule has 1 N–H and O–H groups in total. The molecule has 0 heterocycles. The zero-order valence-corrected chi connectivity index (χ0v) is 12.5. The van der Waals surface area contributed by atoms with Gasteiger partial charge in [0.2, 0.25) is 0 Å². The Balaban J connectivity index is 1.90. The molecule has 1 atom stereocenters. The summed E-state index contributed by atoms with van der Waals surface area (Å²) in [5.74, 6) is 0.848. The maximum atomic E-state index is 6.18. The van der Waals surface area contributed by atoms with Gasteiger partial charge >= 0.3 is 0 Å². The van der Waals surface area contributed by atoms with Crippen LogP contribution in [-0.2, 0) is 6.54 Å². The summed E-state index contributed by atoms with van der Waals surface area (Å²) >= 11 is 9.66. The molecule has 1 aliphatic rings. The van der Waals surface area contributed by atoms with Gasteiger partial charge in [0, 0.05) is 22.1 Å². The molecule has 1 aromatic rings. The van der Waals surface area contributed by atoms with Crippen molar-refractivity contribution in [3.63, 3.8) is 0 Å². The minimum absolute atomic E-state index is 0.590. The third-order valence-electron chi connectivity index (χ3n) is 3.73. The lowest BCUT2D eigenvalue weighted by atomic mass is 9.99. The predicted molar refractivity (Wildman–Crippen MR) is 77.4 cm³/mol. The molecule has 94 valence electrons. The van der Waals surface area contributed by atoms with Crippen LogP contribution < -0.4 is 5.32 Å². The molecule has 1 unspecified atom stereocenters. The van der Waals surface area contributed by atoms with Gasteiger partial charge in [0.1, 0.15) is 0 Å². The largest absolute Gasteiger partial charge is 0.310 e. The second kappa shape index (κ2) is 6.21. The van der Waals surface area contributed by atoms with Crippen molar-refractivity contribution in [1.29, 1.82) is 0 Å². The highest BCUT2D eigenvalue weighted by atomic mass is 79.9. The van der Waals surface area contributed by atoms with Crippen LogP contribution in [-0.4, -0.2) is 6.04 Å². The van der Waals surface area contributed by atoms with Gasteiger partial charge < -0.3 is 5.32 Å². The smallest absolute Gasteiger partial charge is 0.0451 e. The molecular weight excluding hydrogens is 298 g/mol. The Morgan fingerprint density at radius 3 is 2.82 bits per heavy atom. The van der Waals surface area contributed by atoms with Gasteiger partial charge in [-0.3, -0.25) is 0 Å². The summed E-state index contributed by atoms with van der Waals surface area (Å²) in [6.45, 7) is 3.15. The number of hydrogen-bond donors (Lipinski definition) is 1. The summed E-state index contributed by atoms with van der Waals surface area (Å²) in [5, 5.41) is 4.45. The minimum Gasteiger partial charge on any atom is -0.310 e. The fraction of sp³-hybridized carbons (Fsp3) is 0.571. The summed E-state index contributed by atoms with van der Waals surface area (Å²) < 4.78 is 1.09. The molecular formula is C14H19BrClN. The summed E-state index contributed by atoms with van der Waals surface area (Å²) in [4.78, 5) is 0. The minimum atomic E-state index is 0.590. The summed E-state index contributed by atoms with van der Waals surface area (Å²) in [7, 11) is 0. The Morgan fingerprint density at radius 2 is 2.12 bits per heavy atom. The topological polar surface area (TPSA) is 12.0 Å². The molecule has 0 spiro atoms. The normalized spacial score (nSPS) is 18.5. The van der Waals surface area contributed by atoms with Crippen molar-refractivity contribution in [2.24, 2.45) is 5.92 Å². The molecule has 0 saturated heterocycles. The number of hydrogen-bond acceptors (Lipinski definition) is 1. The molecule has 1 nitrogen and oxygen atoms in total. The van der Waals surface area contributed by atoms with Gasteiger partial charge in [0.25, 0.3) is 0 Å². The maximum absolute atomic E-state index is 6.18. The summed E-state index contributed by atoms with van der Waals surface area (Å²) in [6.07, 6.45) is 5.55. The Bertz CT molecular complexity index is 374. The van der Waals surface area contributed by atoms with Crippen LogP contribution in [0.2, 0.25) is 5.02 Å². The van der Waals surface area contributed by atoms with Crippen LogP contribution in [0, 0.1) is 5.92 Å². The van der Waals surface area contributed by atoms with Gasteiger partial charge in [-0.25, -0.2) is 0 Å². The van der Waals surface area contributed by atoms with E-state index < -0.39 is 0 Å². The van der Waals surface area contributed by atoms with Crippen molar-refractivity contribution >= 4 is 27.5 Å². The standard InChI is InChI=1S/C14H19BrClN/c1-10(11-4-2-3-5-11)17-9-12-8-13(15)6-7-14(12)16/h6-8,10-11,17H,2-5,9H2,1H3. The predicted octanol–water partition coefficient (Wildman–Crippen LogP) is 4.77. The van der Waals surface area contributed by atoms with E-state index in [-0.39, 0.29) is 0 Å². The van der Waals surface area contributed by atoms with Crippen molar-refractivity contribution in [3.05, 3.63) is 33.3 Å². The van der Waals surface area contributed by atoms with Crippen molar-refractivity contribution in [2.75, 3.05) is 0 Å². The molecule has 1 saturated carbocycles. The summed E-state index contributed by atoms with van der Waals surface area (Å²) in [6, 6.07) is 6.61. The number of rotatable bonds is 4. The molecule has 0 aliphatic heterocycles. The number of benzene rings is 1. The molecule has 1 fully saturated rings. The third kappa shape index (κ3) is 3.70. The summed E-state index contributed by atoms with van der Waals surface area (Å²) in [5.41, 5.74) is 1.17. The lowest BCUT2D eigenvalue weighted by molar-refractivity contribution is 0.380. The zero-order chi connectivity index (χ0) is 12.3. The fourth-order valence-corrected chi connectivity index (χ4v) is 3.17. The highest BCUT2D eigenvalue weighted by molar-refractivity contribution is 9.10. The fourth-order valence-electron chi connectivity index (χ4n) is 2.57. The van der Waals surface area contributed by atoms with Gasteiger partial charge in [-0.15, -0.1) is 0 Å². The van der Waals surface area contributed by atoms with Crippen LogP contribution in [0.1, 0.15) is 38.2 Å². The van der Waals surface area contributed by atoms with E-state index in [2.05, 4.69) is 34.2 Å². The van der Waals surface area contributed by atoms with Crippen LogP contribution in [0.4, 0.5) is 0 Å². The van der Waals surface area contributed by atoms with Crippen molar-refractivity contribution in [1.82, 2.24) is 5.32 Å². The second-order valence-electron chi connectivity index (χ2n) is 4.95. The van der Waals surface area contributed by atoms with Gasteiger partial charge in [-0.05, 0) is 49.4 Å². The average molecular weight is 317 g/mol. The quantitative estimate of drug-likeness (QED) is 0.843. The lowest BCUT2D eigenvalue weighted by Crippen LogP contribution is -2.31. The van der Waals surface area contributed by atoms with E-state index in [0.717, 1.165) is 22.0 Å². The molecule has 0 bridgehead atoms. The van der Waals surface area contributed by atoms with Gasteiger partial charge in [0.05, 0.1) is 0 Å². The lowest BCUT2D eigenvalue weighted by Gasteiger charge is -2.20. The second-order valence-corrected chi connectivity index (χ2v) is 6.27. The van der Waals surface area contributed by atoms with E-state index in [9.17, 15) is 0 Å². The number of halogens is 2. The van der Waals surface area contributed by atoms with E-state index in [1.165, 1.54) is 31.2 Å². The molecule has 2 rings (SSSR count). The highest BCUT2D eigenvalue weighted by Gasteiger charge is 2.20. The van der Waals surface area contributed by atoms with Crippen LogP contribution in [0.25, 0.3) is 0 Å². The first-order valence-electron chi connectivity index (χ1n) is 6.34. The van der Waals surface area contributed by atoms with Crippen molar-refractivity contribution in [3.8, 4) is 0 Å². The molecule has 17 heavy (non-hydrogen) atoms. The third-order valence-corrected chi connectivity index (χ3v) is 4.59. The molecule has 0 radical (unpaired) electrons. The Hall–Kier alpha value is -0.0500. The van der Waals surface area contributed by atoms with Crippen LogP contribution in [0.15, 0.2) is 22.7 Å². The van der Waals surface area contributed by atoms with Crippen LogP contribution in [0.3, 0.4) is 0 Å². The van der Waals surface area contributed by atoms with E-state index in [1.807, 2.05) is 12.1 Å². The first-order valence-corrected chi connectivity index (χ1v) is 7.51. The molecule has 0 aromatic heterocycles. The molecule has 3 heteroatoms. The van der Waals surface area contributed by atoms with E-state index in [4.69, 9.17) is 11.6 Å². The van der Waals surface area contributed by atoms with E-state index >= 15 is 0 Å². The van der Waals surface area contributed by atoms with E-state index in [0.29, 0.717) is 6.04 Å². The Morgan fingerprint density at radius 1 is 1.41 bits per heavy atom. The van der Waals surface area contributed by atoms with E-state index in [1.54, 1.807) is 0 Å². The van der Waals surface area contributed by atoms with Crippen molar-refractivity contribution < 1.29 is 0 Å². The first-order chi connectivity index (χ1) is 8.16. The molecule has 0 amide bonds. The Labute approximate surface area is 117 Å².